The minimum atomic E-state index is -3.65. The molecule has 0 radical (unpaired) electrons. The monoisotopic (exact) mass is 396 g/mol. The second-order valence-electron chi connectivity index (χ2n) is 5.56. The van der Waals surface area contributed by atoms with Crippen LogP contribution in [0, 0.1) is 18.2 Å². The number of carbonyl (C=O) groups is 1. The molecule has 1 heterocycles. The van der Waals surface area contributed by atoms with Crippen LogP contribution < -0.4 is 15.8 Å². The molecule has 0 fully saturated rings. The molecule has 138 valence electrons. The van der Waals surface area contributed by atoms with Crippen LogP contribution in [-0.2, 0) is 15.4 Å². The predicted octanol–water partition coefficient (Wildman–Crippen LogP) is 1.63. The van der Waals surface area contributed by atoms with Crippen molar-refractivity contribution in [2.75, 3.05) is 17.6 Å². The van der Waals surface area contributed by atoms with Crippen molar-refractivity contribution in [3.63, 3.8) is 0 Å². The molecule has 7 nitrogen and oxygen atoms in total. The summed E-state index contributed by atoms with van der Waals surface area (Å²) in [6.45, 7) is 1.64. The number of sulfonamides is 1. The highest BCUT2D eigenvalue weighted by atomic mass is 32.2. The molecule has 1 unspecified atom stereocenters. The summed E-state index contributed by atoms with van der Waals surface area (Å²) in [6, 6.07) is 5.19. The van der Waals surface area contributed by atoms with Crippen LogP contribution in [0.25, 0.3) is 0 Å². The van der Waals surface area contributed by atoms with Crippen molar-refractivity contribution in [1.29, 1.82) is 0 Å². The molecule has 0 bridgehead atoms. The lowest BCUT2D eigenvalue weighted by molar-refractivity contribution is 0.252. The number of nitrogens with two attached hydrogens (primary N) is 1. The first-order valence-corrected chi connectivity index (χ1v) is 9.99. The number of primary sulfonamides is 1. The molecule has 0 saturated heterocycles. The first-order valence-electron chi connectivity index (χ1n) is 7.39. The Morgan fingerprint density at radius 1 is 1.42 bits per heavy atom. The molecule has 2 aromatic rings. The number of aromatic nitrogens is 1. The molecular formula is C16H17FN4O3S2. The molecule has 10 heteroatoms. The van der Waals surface area contributed by atoms with Gasteiger partial charge in [-0.05, 0) is 24.6 Å². The van der Waals surface area contributed by atoms with Crippen LogP contribution >= 0.6 is 11.3 Å². The molecular weight excluding hydrogens is 379 g/mol. The number of terminal acetylenes is 1. The van der Waals surface area contributed by atoms with Crippen LogP contribution in [0.15, 0.2) is 29.6 Å². The molecule has 0 saturated carbocycles. The van der Waals surface area contributed by atoms with Gasteiger partial charge in [0.2, 0.25) is 10.0 Å². The minimum Gasteiger partial charge on any atom is -0.337 e. The Hall–Kier alpha value is -2.48. The molecule has 0 spiro atoms. The fourth-order valence-electron chi connectivity index (χ4n) is 2.10. The van der Waals surface area contributed by atoms with Crippen molar-refractivity contribution in [3.05, 3.63) is 46.7 Å². The number of rotatable bonds is 6. The summed E-state index contributed by atoms with van der Waals surface area (Å²) < 4.78 is 34.8. The highest BCUT2D eigenvalue weighted by Crippen LogP contribution is 2.33. The van der Waals surface area contributed by atoms with Gasteiger partial charge in [-0.3, -0.25) is 5.32 Å². The van der Waals surface area contributed by atoms with E-state index in [2.05, 4.69) is 21.5 Å². The van der Waals surface area contributed by atoms with Crippen molar-refractivity contribution in [3.8, 4) is 12.3 Å². The summed E-state index contributed by atoms with van der Waals surface area (Å²) in [5.41, 5.74) is 0.320. The normalized spacial score (nSPS) is 13.5. The fraction of sp³-hybridized carbons (Fsp3) is 0.250. The highest BCUT2D eigenvalue weighted by molar-refractivity contribution is 7.89. The molecule has 1 aromatic carbocycles. The van der Waals surface area contributed by atoms with Gasteiger partial charge in [0, 0.05) is 11.9 Å². The number of halogens is 1. The number of nitrogens with zero attached hydrogens (tertiary/aromatic N) is 1. The van der Waals surface area contributed by atoms with Crippen molar-refractivity contribution in [2.45, 2.75) is 12.3 Å². The molecule has 0 aliphatic heterocycles. The fourth-order valence-corrected chi connectivity index (χ4v) is 3.30. The van der Waals surface area contributed by atoms with Gasteiger partial charge in [-0.2, -0.15) is 0 Å². The summed E-state index contributed by atoms with van der Waals surface area (Å²) in [5.74, 6) is 1.92. The molecule has 1 aromatic heterocycles. The predicted molar refractivity (Wildman–Crippen MR) is 98.8 cm³/mol. The van der Waals surface area contributed by atoms with Crippen molar-refractivity contribution < 1.29 is 17.6 Å². The van der Waals surface area contributed by atoms with E-state index in [0.29, 0.717) is 11.3 Å². The van der Waals surface area contributed by atoms with Gasteiger partial charge in [0.1, 0.15) is 5.82 Å². The number of thiazole rings is 1. The molecule has 0 aliphatic rings. The van der Waals surface area contributed by atoms with Crippen molar-refractivity contribution in [2.24, 2.45) is 5.14 Å². The Bertz CT molecular complexity index is 935. The Kier molecular flexibility index (Phi) is 5.97. The lowest BCUT2D eigenvalue weighted by Gasteiger charge is -2.22. The van der Waals surface area contributed by atoms with E-state index >= 15 is 0 Å². The standard InChI is InChI=1S/C16H17FN4O3S2/c1-3-16(2,11-4-6-12(17)7-5-11)13-10-25-15(20-13)21-14(22)19-8-9-26(18,23)24/h1,4-7,10H,8-9H2,2H3,(H2,18,23,24)(H2,19,20,21,22). The third-order valence-corrected chi connectivity index (χ3v) is 5.15. The number of nitrogens with one attached hydrogen (secondary N) is 2. The van der Waals surface area contributed by atoms with E-state index in [4.69, 9.17) is 11.6 Å². The quantitative estimate of drug-likeness (QED) is 0.644. The SMILES string of the molecule is C#CC(C)(c1ccc(F)cc1)c1csc(NC(=O)NCCS(N)(=O)=O)n1. The Morgan fingerprint density at radius 3 is 2.65 bits per heavy atom. The Balaban J connectivity index is 2.09. The summed E-state index contributed by atoms with van der Waals surface area (Å²) in [4.78, 5) is 16.1. The summed E-state index contributed by atoms with van der Waals surface area (Å²) in [7, 11) is -3.65. The van der Waals surface area contributed by atoms with Gasteiger partial charge >= 0.3 is 6.03 Å². The highest BCUT2D eigenvalue weighted by Gasteiger charge is 2.29. The number of carbonyl (C=O) groups excluding carboxylic acids is 1. The zero-order chi connectivity index (χ0) is 19.4. The van der Waals surface area contributed by atoms with Gasteiger partial charge in [-0.1, -0.05) is 18.1 Å². The van der Waals surface area contributed by atoms with Crippen molar-refractivity contribution >= 4 is 32.5 Å². The first-order chi connectivity index (χ1) is 12.1. The van der Waals surface area contributed by atoms with Gasteiger partial charge < -0.3 is 5.32 Å². The lowest BCUT2D eigenvalue weighted by Crippen LogP contribution is -2.34. The third kappa shape index (κ3) is 5.01. The van der Waals surface area contributed by atoms with E-state index in [0.717, 1.165) is 11.3 Å². The summed E-state index contributed by atoms with van der Waals surface area (Å²) in [5, 5.41) is 11.7. The van der Waals surface area contributed by atoms with E-state index < -0.39 is 21.5 Å². The maximum atomic E-state index is 13.1. The Labute approximate surface area is 154 Å². The third-order valence-electron chi connectivity index (χ3n) is 3.62. The summed E-state index contributed by atoms with van der Waals surface area (Å²) >= 11 is 1.16. The largest absolute Gasteiger partial charge is 0.337 e. The number of anilines is 1. The number of hydrogen-bond acceptors (Lipinski definition) is 5. The average Bonchev–Trinajstić information content (AvgIpc) is 3.02. The zero-order valence-electron chi connectivity index (χ0n) is 13.8. The molecule has 0 aliphatic carbocycles. The minimum absolute atomic E-state index is 0.124. The average molecular weight is 396 g/mol. The van der Waals surface area contributed by atoms with E-state index in [9.17, 15) is 17.6 Å². The van der Waals surface area contributed by atoms with Crippen LogP contribution in [0.3, 0.4) is 0 Å². The maximum Gasteiger partial charge on any atom is 0.321 e. The van der Waals surface area contributed by atoms with Gasteiger partial charge in [0.25, 0.3) is 0 Å². The second-order valence-corrected chi connectivity index (χ2v) is 8.15. The topological polar surface area (TPSA) is 114 Å². The first kappa shape index (κ1) is 19.8. The molecule has 26 heavy (non-hydrogen) atoms. The van der Waals surface area contributed by atoms with Crippen LogP contribution in [0.4, 0.5) is 14.3 Å². The van der Waals surface area contributed by atoms with Gasteiger partial charge in [0.15, 0.2) is 5.13 Å². The second kappa shape index (κ2) is 7.82. The van der Waals surface area contributed by atoms with E-state index in [-0.39, 0.29) is 23.2 Å². The number of hydrogen-bond donors (Lipinski definition) is 3. The van der Waals surface area contributed by atoms with E-state index in [1.54, 1.807) is 24.4 Å². The van der Waals surface area contributed by atoms with Gasteiger partial charge in [0.05, 0.1) is 16.9 Å². The van der Waals surface area contributed by atoms with Gasteiger partial charge in [-0.25, -0.2) is 27.7 Å². The number of urea groups is 1. The molecule has 4 N–H and O–H groups in total. The lowest BCUT2D eigenvalue weighted by atomic mass is 9.81. The van der Waals surface area contributed by atoms with Crippen molar-refractivity contribution in [1.82, 2.24) is 10.3 Å². The number of benzene rings is 1. The van der Waals surface area contributed by atoms with Crippen LogP contribution in [-0.4, -0.2) is 31.7 Å². The zero-order valence-corrected chi connectivity index (χ0v) is 15.5. The molecule has 2 rings (SSSR count). The van der Waals surface area contributed by atoms with Gasteiger partial charge in [-0.15, -0.1) is 17.8 Å². The van der Waals surface area contributed by atoms with Crippen LogP contribution in [0.5, 0.6) is 0 Å². The smallest absolute Gasteiger partial charge is 0.321 e. The van der Waals surface area contributed by atoms with Crippen LogP contribution in [0.2, 0.25) is 0 Å². The molecule has 1 atom stereocenters. The summed E-state index contributed by atoms with van der Waals surface area (Å²) in [6.07, 6.45) is 5.68. The molecule has 2 amide bonds. The number of amides is 2. The Morgan fingerprint density at radius 2 is 2.08 bits per heavy atom. The van der Waals surface area contributed by atoms with Crippen LogP contribution in [0.1, 0.15) is 18.2 Å². The van der Waals surface area contributed by atoms with E-state index in [1.807, 2.05) is 0 Å². The maximum absolute atomic E-state index is 13.1. The van der Waals surface area contributed by atoms with E-state index in [1.165, 1.54) is 12.1 Å².